The molecule has 1 aliphatic carbocycles. The van der Waals surface area contributed by atoms with Crippen LogP contribution in [0.1, 0.15) is 61.0 Å². The van der Waals surface area contributed by atoms with Crippen LogP contribution in [0.3, 0.4) is 0 Å². The summed E-state index contributed by atoms with van der Waals surface area (Å²) in [4.78, 5) is 9.45. The molecule has 0 saturated carbocycles. The summed E-state index contributed by atoms with van der Waals surface area (Å²) in [6, 6.07) is 0.691. The molecule has 0 spiro atoms. The zero-order chi connectivity index (χ0) is 14.3. The highest BCUT2D eigenvalue weighted by molar-refractivity contribution is 7.12. The van der Waals surface area contributed by atoms with E-state index in [0.29, 0.717) is 6.04 Å². The van der Waals surface area contributed by atoms with E-state index in [9.17, 15) is 0 Å². The number of nitrogens with one attached hydrogen (secondary N) is 1. The van der Waals surface area contributed by atoms with Crippen molar-refractivity contribution in [2.75, 3.05) is 19.6 Å². The summed E-state index contributed by atoms with van der Waals surface area (Å²) in [5.74, 6) is 0. The van der Waals surface area contributed by atoms with Gasteiger partial charge < -0.3 is 5.32 Å². The smallest absolute Gasteiger partial charge is 0.115 e. The minimum absolute atomic E-state index is 0.161. The van der Waals surface area contributed by atoms with Gasteiger partial charge in [-0.05, 0) is 64.5 Å². The maximum atomic E-state index is 5.15. The summed E-state index contributed by atoms with van der Waals surface area (Å²) < 4.78 is 0. The first kappa shape index (κ1) is 14.2. The number of thiazole rings is 1. The molecule has 2 atom stereocenters. The van der Waals surface area contributed by atoms with Gasteiger partial charge in [-0.2, -0.15) is 0 Å². The molecule has 0 aromatic carbocycles. The molecule has 2 unspecified atom stereocenters. The van der Waals surface area contributed by atoms with Gasteiger partial charge in [0.05, 0.1) is 11.2 Å². The quantitative estimate of drug-likeness (QED) is 0.926. The van der Waals surface area contributed by atoms with E-state index < -0.39 is 0 Å². The lowest BCUT2D eigenvalue weighted by atomic mass is 9.89. The maximum Gasteiger partial charge on any atom is 0.115 e. The summed E-state index contributed by atoms with van der Waals surface area (Å²) in [6.45, 7) is 5.94. The van der Waals surface area contributed by atoms with Crippen LogP contribution in [0.2, 0.25) is 0 Å². The second-order valence-corrected chi connectivity index (χ2v) is 8.02. The fourth-order valence-electron chi connectivity index (χ4n) is 4.56. The van der Waals surface area contributed by atoms with Crippen LogP contribution in [-0.2, 0) is 18.4 Å². The molecular formula is C17H27N3S. The molecule has 2 aliphatic heterocycles. The van der Waals surface area contributed by atoms with Crippen molar-refractivity contribution in [3.05, 3.63) is 15.6 Å². The Balaban J connectivity index is 1.70. The van der Waals surface area contributed by atoms with Crippen molar-refractivity contribution in [1.29, 1.82) is 0 Å². The third-order valence-electron chi connectivity index (χ3n) is 5.64. The molecule has 1 aromatic heterocycles. The van der Waals surface area contributed by atoms with Gasteiger partial charge in [-0.25, -0.2) is 4.98 Å². The zero-order valence-corrected chi connectivity index (χ0v) is 14.0. The summed E-state index contributed by atoms with van der Waals surface area (Å²) in [5, 5.41) is 5.36. The van der Waals surface area contributed by atoms with Gasteiger partial charge in [0.1, 0.15) is 5.01 Å². The highest BCUT2D eigenvalue weighted by Crippen LogP contribution is 2.45. The van der Waals surface area contributed by atoms with E-state index >= 15 is 0 Å². The van der Waals surface area contributed by atoms with Crippen LogP contribution in [-0.4, -0.2) is 35.6 Å². The van der Waals surface area contributed by atoms with Crippen LogP contribution in [0.5, 0.6) is 0 Å². The van der Waals surface area contributed by atoms with E-state index in [4.69, 9.17) is 4.98 Å². The number of nitrogens with zero attached hydrogens (tertiary/aromatic N) is 2. The average Bonchev–Trinajstić information content (AvgIpc) is 3.20. The lowest BCUT2D eigenvalue weighted by Crippen LogP contribution is -2.50. The van der Waals surface area contributed by atoms with E-state index in [1.165, 1.54) is 75.2 Å². The molecule has 4 heteroatoms. The van der Waals surface area contributed by atoms with E-state index in [1.807, 2.05) is 11.3 Å². The topological polar surface area (TPSA) is 28.2 Å². The molecule has 3 heterocycles. The fourth-order valence-corrected chi connectivity index (χ4v) is 5.95. The molecule has 3 aliphatic rings. The summed E-state index contributed by atoms with van der Waals surface area (Å²) in [7, 11) is 0. The third-order valence-corrected chi connectivity index (χ3v) is 6.98. The SMILES string of the molecule is CCCNC1(c2nc3c(s2)CCCC3)CCN2CCCC21. The van der Waals surface area contributed by atoms with Gasteiger partial charge in [-0.1, -0.05) is 6.92 Å². The fraction of sp³-hybridized carbons (Fsp3) is 0.824. The normalized spacial score (nSPS) is 32.3. The monoisotopic (exact) mass is 305 g/mol. The van der Waals surface area contributed by atoms with Gasteiger partial charge in [0.2, 0.25) is 0 Å². The molecule has 4 rings (SSSR count). The van der Waals surface area contributed by atoms with Crippen molar-refractivity contribution in [3.63, 3.8) is 0 Å². The number of fused-ring (bicyclic) bond motifs is 2. The Morgan fingerprint density at radius 3 is 3.05 bits per heavy atom. The molecule has 0 amide bonds. The van der Waals surface area contributed by atoms with Crippen LogP contribution < -0.4 is 5.32 Å². The lowest BCUT2D eigenvalue weighted by molar-refractivity contribution is 0.225. The third kappa shape index (κ3) is 2.27. The molecule has 21 heavy (non-hydrogen) atoms. The maximum absolute atomic E-state index is 5.15. The molecule has 3 nitrogen and oxygen atoms in total. The largest absolute Gasteiger partial charge is 0.304 e. The molecule has 0 bridgehead atoms. The summed E-state index contributed by atoms with van der Waals surface area (Å²) in [5.41, 5.74) is 1.59. The molecular weight excluding hydrogens is 278 g/mol. The molecule has 1 N–H and O–H groups in total. The van der Waals surface area contributed by atoms with E-state index in [2.05, 4.69) is 17.1 Å². The Hall–Kier alpha value is -0.450. The first-order chi connectivity index (χ1) is 10.3. The molecule has 0 radical (unpaired) electrons. The Morgan fingerprint density at radius 2 is 2.19 bits per heavy atom. The Labute approximate surface area is 132 Å². The number of aryl methyl sites for hydroxylation is 2. The van der Waals surface area contributed by atoms with Gasteiger partial charge in [-0.3, -0.25) is 4.90 Å². The molecule has 116 valence electrons. The van der Waals surface area contributed by atoms with Crippen LogP contribution in [0, 0.1) is 0 Å². The molecule has 2 saturated heterocycles. The van der Waals surface area contributed by atoms with Gasteiger partial charge in [0, 0.05) is 17.5 Å². The van der Waals surface area contributed by atoms with Crippen molar-refractivity contribution in [2.45, 2.75) is 69.9 Å². The minimum Gasteiger partial charge on any atom is -0.304 e. The van der Waals surface area contributed by atoms with Crippen LogP contribution in [0.15, 0.2) is 0 Å². The highest BCUT2D eigenvalue weighted by atomic mass is 32.1. The standard InChI is InChI=1S/C17H27N3S/c1-2-10-18-17(9-12-20-11-5-8-15(17)20)16-19-13-6-3-4-7-14(13)21-16/h15,18H,2-12H2,1H3. The first-order valence-corrected chi connectivity index (χ1v) is 9.63. The van der Waals surface area contributed by atoms with Crippen molar-refractivity contribution >= 4 is 11.3 Å². The average molecular weight is 305 g/mol. The van der Waals surface area contributed by atoms with Gasteiger partial charge in [-0.15, -0.1) is 11.3 Å². The first-order valence-electron chi connectivity index (χ1n) is 8.81. The van der Waals surface area contributed by atoms with E-state index in [-0.39, 0.29) is 5.54 Å². The van der Waals surface area contributed by atoms with Crippen LogP contribution in [0.25, 0.3) is 0 Å². The Kier molecular flexibility index (Phi) is 3.80. The second-order valence-electron chi connectivity index (χ2n) is 6.94. The predicted octanol–water partition coefficient (Wildman–Crippen LogP) is 3.08. The molecule has 1 aromatic rings. The molecule has 2 fully saturated rings. The van der Waals surface area contributed by atoms with Gasteiger partial charge in [0.15, 0.2) is 0 Å². The Morgan fingerprint density at radius 1 is 1.29 bits per heavy atom. The lowest BCUT2D eigenvalue weighted by Gasteiger charge is -2.34. The number of hydrogen-bond donors (Lipinski definition) is 1. The van der Waals surface area contributed by atoms with Crippen molar-refractivity contribution < 1.29 is 0 Å². The minimum atomic E-state index is 0.161. The van der Waals surface area contributed by atoms with Gasteiger partial charge >= 0.3 is 0 Å². The Bertz CT molecular complexity index is 489. The van der Waals surface area contributed by atoms with E-state index in [0.717, 1.165) is 6.54 Å². The predicted molar refractivity (Wildman–Crippen MR) is 87.9 cm³/mol. The number of aromatic nitrogens is 1. The number of hydrogen-bond acceptors (Lipinski definition) is 4. The van der Waals surface area contributed by atoms with Crippen molar-refractivity contribution in [1.82, 2.24) is 15.2 Å². The van der Waals surface area contributed by atoms with Crippen LogP contribution >= 0.6 is 11.3 Å². The second kappa shape index (κ2) is 5.64. The van der Waals surface area contributed by atoms with Crippen molar-refractivity contribution in [2.24, 2.45) is 0 Å². The van der Waals surface area contributed by atoms with Crippen molar-refractivity contribution in [3.8, 4) is 0 Å². The summed E-state index contributed by atoms with van der Waals surface area (Å²) in [6.07, 6.45) is 10.4. The highest BCUT2D eigenvalue weighted by Gasteiger charge is 2.51. The van der Waals surface area contributed by atoms with E-state index in [1.54, 1.807) is 4.88 Å². The van der Waals surface area contributed by atoms with Gasteiger partial charge in [0.25, 0.3) is 0 Å². The summed E-state index contributed by atoms with van der Waals surface area (Å²) >= 11 is 2.03. The van der Waals surface area contributed by atoms with Crippen LogP contribution in [0.4, 0.5) is 0 Å². The number of rotatable bonds is 4. The zero-order valence-electron chi connectivity index (χ0n) is 13.2.